The molecule has 1 fully saturated rings. The highest BCUT2D eigenvalue weighted by Crippen LogP contribution is 2.36. The van der Waals surface area contributed by atoms with Gasteiger partial charge in [-0.2, -0.15) is 0 Å². The van der Waals surface area contributed by atoms with Gasteiger partial charge in [-0.1, -0.05) is 48.3 Å². The molecular weight excluding hydrogens is 349 g/mol. The summed E-state index contributed by atoms with van der Waals surface area (Å²) < 4.78 is 1.34. The Bertz CT molecular complexity index is 164. The van der Waals surface area contributed by atoms with Gasteiger partial charge in [-0.15, -0.1) is 0 Å². The van der Waals surface area contributed by atoms with E-state index in [1.54, 1.807) is 0 Å². The molecular formula is C12H26INS2. The first-order valence-corrected chi connectivity index (χ1v) is 8.80. The Hall–Kier alpha value is 1.39. The summed E-state index contributed by atoms with van der Waals surface area (Å²) in [5.41, 5.74) is 0. The van der Waals surface area contributed by atoms with Crippen molar-refractivity contribution in [3.63, 3.8) is 0 Å². The third kappa shape index (κ3) is 5.36. The topological polar surface area (TPSA) is 0 Å². The third-order valence-corrected chi connectivity index (χ3v) is 6.06. The van der Waals surface area contributed by atoms with Gasteiger partial charge in [0.2, 0.25) is 0 Å². The van der Waals surface area contributed by atoms with E-state index in [0.29, 0.717) is 0 Å². The molecule has 0 aromatic rings. The number of unbranched alkanes of at least 4 members (excludes halogenated alkanes) is 2. The molecule has 1 rings (SSSR count). The zero-order valence-corrected chi connectivity index (χ0v) is 14.7. The van der Waals surface area contributed by atoms with Crippen LogP contribution >= 0.6 is 21.6 Å². The minimum atomic E-state index is 0. The van der Waals surface area contributed by atoms with Gasteiger partial charge in [0, 0.05) is 0 Å². The predicted molar refractivity (Wildman–Crippen MR) is 74.4 cm³/mol. The Balaban J connectivity index is 0.00000225. The molecule has 0 atom stereocenters. The summed E-state index contributed by atoms with van der Waals surface area (Å²) in [7, 11) is 6.64. The SMILES string of the molecule is CCCC[N+](C)(CCCC)C1CSSC1.[I-]. The standard InChI is InChI=1S/C12H26NS2.HI/c1-4-6-8-13(3,9-7-5-2)12-10-14-15-11-12;/h12H,4-11H2,1-3H3;1H/q+1;/p-1. The lowest BCUT2D eigenvalue weighted by Crippen LogP contribution is -3.00. The number of hydrogen-bond donors (Lipinski definition) is 0. The maximum Gasteiger partial charge on any atom is 0.109 e. The van der Waals surface area contributed by atoms with Crippen molar-refractivity contribution in [1.82, 2.24) is 0 Å². The van der Waals surface area contributed by atoms with Crippen molar-refractivity contribution in [2.45, 2.75) is 45.6 Å². The number of quaternary nitrogens is 1. The summed E-state index contributed by atoms with van der Waals surface area (Å²) in [6, 6.07) is 0.915. The summed E-state index contributed by atoms with van der Waals surface area (Å²) >= 11 is 0. The van der Waals surface area contributed by atoms with Gasteiger partial charge in [0.05, 0.1) is 31.6 Å². The Morgan fingerprint density at radius 3 is 1.81 bits per heavy atom. The molecule has 1 heterocycles. The Kier molecular flexibility index (Phi) is 10.1. The molecule has 1 nitrogen and oxygen atoms in total. The van der Waals surface area contributed by atoms with Crippen LogP contribution in [-0.2, 0) is 0 Å². The van der Waals surface area contributed by atoms with E-state index in [2.05, 4.69) is 42.5 Å². The van der Waals surface area contributed by atoms with Crippen molar-refractivity contribution in [3.05, 3.63) is 0 Å². The van der Waals surface area contributed by atoms with Crippen molar-refractivity contribution in [3.8, 4) is 0 Å². The van der Waals surface area contributed by atoms with E-state index < -0.39 is 0 Å². The molecule has 0 aromatic carbocycles. The second-order valence-corrected chi connectivity index (χ2v) is 7.41. The van der Waals surface area contributed by atoms with Gasteiger partial charge in [-0.3, -0.25) is 0 Å². The van der Waals surface area contributed by atoms with Crippen LogP contribution in [0.5, 0.6) is 0 Å². The van der Waals surface area contributed by atoms with Crippen LogP contribution in [0.15, 0.2) is 0 Å². The first-order chi connectivity index (χ1) is 7.23. The summed E-state index contributed by atoms with van der Waals surface area (Å²) in [4.78, 5) is 0. The molecule has 0 N–H and O–H groups in total. The lowest BCUT2D eigenvalue weighted by Gasteiger charge is -2.39. The number of nitrogens with zero attached hydrogens (tertiary/aromatic N) is 1. The maximum absolute atomic E-state index is 2.49. The Morgan fingerprint density at radius 2 is 1.44 bits per heavy atom. The maximum atomic E-state index is 2.49. The average Bonchev–Trinajstić information content (AvgIpc) is 2.77. The summed E-state index contributed by atoms with van der Waals surface area (Å²) in [5, 5.41) is 0. The van der Waals surface area contributed by atoms with Crippen LogP contribution in [0.2, 0.25) is 0 Å². The minimum absolute atomic E-state index is 0. The molecule has 0 radical (unpaired) electrons. The molecule has 0 aliphatic carbocycles. The van der Waals surface area contributed by atoms with Crippen molar-refractivity contribution in [2.24, 2.45) is 0 Å². The van der Waals surface area contributed by atoms with E-state index in [9.17, 15) is 0 Å². The Labute approximate surface area is 127 Å². The third-order valence-electron chi connectivity index (χ3n) is 3.53. The van der Waals surface area contributed by atoms with Crippen molar-refractivity contribution < 1.29 is 28.5 Å². The van der Waals surface area contributed by atoms with Gasteiger partial charge < -0.3 is 28.5 Å². The highest BCUT2D eigenvalue weighted by molar-refractivity contribution is 8.77. The fraction of sp³-hybridized carbons (Fsp3) is 1.00. The molecule has 0 saturated carbocycles. The number of hydrogen-bond acceptors (Lipinski definition) is 2. The molecule has 0 amide bonds. The van der Waals surface area contributed by atoms with Crippen LogP contribution in [0, 0.1) is 0 Å². The molecule has 98 valence electrons. The van der Waals surface area contributed by atoms with Crippen LogP contribution in [0.3, 0.4) is 0 Å². The van der Waals surface area contributed by atoms with Crippen LogP contribution in [0.1, 0.15) is 39.5 Å². The predicted octanol–water partition coefficient (Wildman–Crippen LogP) is 0.801. The molecule has 1 saturated heterocycles. The van der Waals surface area contributed by atoms with E-state index >= 15 is 0 Å². The smallest absolute Gasteiger partial charge is 0.109 e. The molecule has 16 heavy (non-hydrogen) atoms. The number of rotatable bonds is 7. The van der Waals surface area contributed by atoms with Gasteiger partial charge in [0.1, 0.15) is 6.04 Å². The fourth-order valence-corrected chi connectivity index (χ4v) is 5.31. The number of halogens is 1. The highest BCUT2D eigenvalue weighted by Gasteiger charge is 2.34. The van der Waals surface area contributed by atoms with E-state index in [-0.39, 0.29) is 24.0 Å². The fourth-order valence-electron chi connectivity index (χ4n) is 2.18. The zero-order valence-electron chi connectivity index (χ0n) is 10.9. The van der Waals surface area contributed by atoms with E-state index in [1.807, 2.05) is 0 Å². The second-order valence-electron chi connectivity index (χ2n) is 4.86. The molecule has 0 aromatic heterocycles. The molecule has 0 bridgehead atoms. The van der Waals surface area contributed by atoms with Gasteiger partial charge in [0.15, 0.2) is 0 Å². The van der Waals surface area contributed by atoms with Gasteiger partial charge in [0.25, 0.3) is 0 Å². The van der Waals surface area contributed by atoms with Crippen molar-refractivity contribution in [2.75, 3.05) is 31.6 Å². The first kappa shape index (κ1) is 17.4. The van der Waals surface area contributed by atoms with Crippen molar-refractivity contribution >= 4 is 21.6 Å². The van der Waals surface area contributed by atoms with Gasteiger partial charge in [-0.25, -0.2) is 0 Å². The van der Waals surface area contributed by atoms with Crippen LogP contribution in [0.4, 0.5) is 0 Å². The highest BCUT2D eigenvalue weighted by atomic mass is 127. The van der Waals surface area contributed by atoms with Crippen molar-refractivity contribution in [1.29, 1.82) is 0 Å². The van der Waals surface area contributed by atoms with Gasteiger partial charge in [-0.05, 0) is 12.8 Å². The monoisotopic (exact) mass is 375 g/mol. The lowest BCUT2D eigenvalue weighted by molar-refractivity contribution is -0.928. The zero-order chi connectivity index (χ0) is 11.1. The second kappa shape index (κ2) is 9.34. The molecule has 1 aliphatic heterocycles. The lowest BCUT2D eigenvalue weighted by atomic mass is 10.1. The quantitative estimate of drug-likeness (QED) is 0.367. The van der Waals surface area contributed by atoms with Crippen LogP contribution < -0.4 is 24.0 Å². The summed E-state index contributed by atoms with van der Waals surface area (Å²) in [6.07, 6.45) is 5.47. The Morgan fingerprint density at radius 1 is 1.00 bits per heavy atom. The van der Waals surface area contributed by atoms with Gasteiger partial charge >= 0.3 is 0 Å². The largest absolute Gasteiger partial charge is 1.00 e. The van der Waals surface area contributed by atoms with E-state index in [1.165, 1.54) is 54.8 Å². The molecule has 1 aliphatic rings. The molecule has 4 heteroatoms. The normalized spacial score (nSPS) is 17.4. The van der Waals surface area contributed by atoms with Crippen LogP contribution in [-0.4, -0.2) is 42.2 Å². The minimum Gasteiger partial charge on any atom is -1.00 e. The van der Waals surface area contributed by atoms with E-state index in [0.717, 1.165) is 6.04 Å². The summed E-state index contributed by atoms with van der Waals surface area (Å²) in [6.45, 7) is 7.40. The van der Waals surface area contributed by atoms with E-state index in [4.69, 9.17) is 0 Å². The summed E-state index contributed by atoms with van der Waals surface area (Å²) in [5.74, 6) is 2.74. The average molecular weight is 375 g/mol. The molecule has 0 spiro atoms. The van der Waals surface area contributed by atoms with Crippen LogP contribution in [0.25, 0.3) is 0 Å². The first-order valence-electron chi connectivity index (χ1n) is 6.31. The molecule has 0 unspecified atom stereocenters.